The highest BCUT2D eigenvalue weighted by molar-refractivity contribution is 8.13. The van der Waals surface area contributed by atoms with E-state index < -0.39 is 9.05 Å². The fourth-order valence-corrected chi connectivity index (χ4v) is 3.39. The summed E-state index contributed by atoms with van der Waals surface area (Å²) in [7, 11) is 1.77. The van der Waals surface area contributed by atoms with Gasteiger partial charge < -0.3 is 0 Å². The molecule has 1 heterocycles. The summed E-state index contributed by atoms with van der Waals surface area (Å²) in [5.74, 6) is -0.132. The first-order valence-electron chi connectivity index (χ1n) is 5.93. The van der Waals surface area contributed by atoms with E-state index in [2.05, 4.69) is 5.10 Å². The second kappa shape index (κ2) is 4.98. The molecule has 1 aromatic heterocycles. The Kier molecular flexibility index (Phi) is 3.78. The van der Waals surface area contributed by atoms with Crippen LogP contribution in [0.2, 0.25) is 0 Å². The van der Waals surface area contributed by atoms with Crippen LogP contribution in [0.15, 0.2) is 6.20 Å². The zero-order valence-electron chi connectivity index (χ0n) is 9.89. The van der Waals surface area contributed by atoms with E-state index in [0.717, 1.165) is 18.5 Å². The molecule has 0 bridgehead atoms. The molecule has 0 saturated heterocycles. The number of nitrogens with zero attached hydrogens (tertiary/aromatic N) is 2. The highest BCUT2D eigenvalue weighted by atomic mass is 35.7. The van der Waals surface area contributed by atoms with Crippen LogP contribution in [0.4, 0.5) is 0 Å². The summed E-state index contributed by atoms with van der Waals surface area (Å²) in [6, 6.07) is 0.425. The predicted molar refractivity (Wildman–Crippen MR) is 67.6 cm³/mol. The minimum Gasteiger partial charge on any atom is -0.269 e. The predicted octanol–water partition coefficient (Wildman–Crippen LogP) is 2.77. The van der Waals surface area contributed by atoms with Gasteiger partial charge >= 0.3 is 0 Å². The van der Waals surface area contributed by atoms with Crippen molar-refractivity contribution in [2.75, 3.05) is 0 Å². The van der Waals surface area contributed by atoms with Crippen molar-refractivity contribution in [1.29, 1.82) is 0 Å². The molecule has 2 rings (SSSR count). The number of hydrogen-bond acceptors (Lipinski definition) is 3. The van der Waals surface area contributed by atoms with Crippen LogP contribution in [-0.4, -0.2) is 18.2 Å². The maximum Gasteiger partial charge on any atom is 0.236 e. The third-order valence-electron chi connectivity index (χ3n) is 3.30. The molecule has 1 aliphatic rings. The van der Waals surface area contributed by atoms with E-state index in [1.165, 1.54) is 19.3 Å². The molecular formula is C11H17ClN2O2S. The second-order valence-corrected chi connectivity index (χ2v) is 7.47. The lowest BCUT2D eigenvalue weighted by atomic mass is 9.96. The fraction of sp³-hybridized carbons (Fsp3) is 0.727. The van der Waals surface area contributed by atoms with Gasteiger partial charge in [-0.15, -0.1) is 0 Å². The van der Waals surface area contributed by atoms with Gasteiger partial charge in [-0.1, -0.05) is 19.3 Å². The highest BCUT2D eigenvalue weighted by Crippen LogP contribution is 2.28. The Morgan fingerprint density at radius 2 is 2.06 bits per heavy atom. The molecular weight excluding hydrogens is 260 g/mol. The molecule has 0 atom stereocenters. The Bertz CT molecular complexity index is 490. The molecule has 1 saturated carbocycles. The van der Waals surface area contributed by atoms with Gasteiger partial charge in [-0.3, -0.25) is 4.68 Å². The fourth-order valence-electron chi connectivity index (χ4n) is 2.38. The van der Waals surface area contributed by atoms with Crippen molar-refractivity contribution in [3.05, 3.63) is 17.5 Å². The van der Waals surface area contributed by atoms with Gasteiger partial charge in [0.05, 0.1) is 17.5 Å². The van der Waals surface area contributed by atoms with Crippen LogP contribution < -0.4 is 0 Å². The van der Waals surface area contributed by atoms with Gasteiger partial charge in [0.15, 0.2) is 0 Å². The normalized spacial score (nSPS) is 18.5. The Morgan fingerprint density at radius 3 is 2.65 bits per heavy atom. The molecule has 0 aliphatic heterocycles. The lowest BCUT2D eigenvalue weighted by Gasteiger charge is -2.21. The zero-order chi connectivity index (χ0) is 12.5. The highest BCUT2D eigenvalue weighted by Gasteiger charge is 2.19. The third-order valence-corrected chi connectivity index (χ3v) is 4.28. The minimum atomic E-state index is -3.50. The van der Waals surface area contributed by atoms with Gasteiger partial charge in [0.1, 0.15) is 0 Å². The van der Waals surface area contributed by atoms with E-state index in [4.69, 9.17) is 10.7 Å². The SMILES string of the molecule is Cc1nn(C2CCCCC2)cc1CS(=O)(=O)Cl. The average Bonchev–Trinajstić information content (AvgIpc) is 2.59. The molecule has 4 nitrogen and oxygen atoms in total. The lowest BCUT2D eigenvalue weighted by Crippen LogP contribution is -2.13. The van der Waals surface area contributed by atoms with E-state index in [0.29, 0.717) is 11.6 Å². The molecule has 1 aliphatic carbocycles. The number of rotatable bonds is 3. The van der Waals surface area contributed by atoms with E-state index in [-0.39, 0.29) is 5.75 Å². The van der Waals surface area contributed by atoms with Gasteiger partial charge in [0.2, 0.25) is 9.05 Å². The number of hydrogen-bond donors (Lipinski definition) is 0. The molecule has 6 heteroatoms. The van der Waals surface area contributed by atoms with Crippen LogP contribution in [0.3, 0.4) is 0 Å². The molecule has 0 N–H and O–H groups in total. The van der Waals surface area contributed by atoms with Crippen molar-refractivity contribution < 1.29 is 8.42 Å². The number of halogens is 1. The number of aromatic nitrogens is 2. The van der Waals surface area contributed by atoms with Gasteiger partial charge in [-0.25, -0.2) is 8.42 Å². The minimum absolute atomic E-state index is 0.132. The summed E-state index contributed by atoms with van der Waals surface area (Å²) in [6.45, 7) is 1.83. The van der Waals surface area contributed by atoms with E-state index >= 15 is 0 Å². The summed E-state index contributed by atoms with van der Waals surface area (Å²) in [5, 5.41) is 4.41. The van der Waals surface area contributed by atoms with Crippen LogP contribution in [0.25, 0.3) is 0 Å². The van der Waals surface area contributed by atoms with Crippen LogP contribution in [-0.2, 0) is 14.8 Å². The van der Waals surface area contributed by atoms with Gasteiger partial charge in [-0.2, -0.15) is 5.10 Å². The summed E-state index contributed by atoms with van der Waals surface area (Å²) < 4.78 is 24.1. The molecule has 1 aromatic rings. The van der Waals surface area contributed by atoms with Crippen LogP contribution in [0, 0.1) is 6.92 Å². The molecule has 17 heavy (non-hydrogen) atoms. The van der Waals surface area contributed by atoms with Crippen molar-refractivity contribution in [2.24, 2.45) is 0 Å². The first-order valence-corrected chi connectivity index (χ1v) is 8.40. The average molecular weight is 277 g/mol. The van der Waals surface area contributed by atoms with Crippen molar-refractivity contribution in [2.45, 2.75) is 50.8 Å². The van der Waals surface area contributed by atoms with Gasteiger partial charge in [0, 0.05) is 22.4 Å². The van der Waals surface area contributed by atoms with E-state index in [9.17, 15) is 8.42 Å². The third kappa shape index (κ3) is 3.45. The summed E-state index contributed by atoms with van der Waals surface area (Å²) in [6.07, 6.45) is 7.85. The van der Waals surface area contributed by atoms with E-state index in [1.807, 2.05) is 17.8 Å². The van der Waals surface area contributed by atoms with Crippen LogP contribution in [0.1, 0.15) is 49.4 Å². The largest absolute Gasteiger partial charge is 0.269 e. The van der Waals surface area contributed by atoms with Crippen LogP contribution >= 0.6 is 10.7 Å². The van der Waals surface area contributed by atoms with Crippen molar-refractivity contribution in [1.82, 2.24) is 9.78 Å². The lowest BCUT2D eigenvalue weighted by molar-refractivity contribution is 0.328. The topological polar surface area (TPSA) is 52.0 Å². The standard InChI is InChI=1S/C11H17ClN2O2S/c1-9-10(8-17(12,15)16)7-14(13-9)11-5-3-2-4-6-11/h7,11H,2-6,8H2,1H3. The first-order chi connectivity index (χ1) is 7.96. The van der Waals surface area contributed by atoms with E-state index in [1.54, 1.807) is 0 Å². The van der Waals surface area contributed by atoms with Crippen molar-refractivity contribution in [3.63, 3.8) is 0 Å². The van der Waals surface area contributed by atoms with Crippen molar-refractivity contribution in [3.8, 4) is 0 Å². The Labute approximate surface area is 106 Å². The molecule has 0 spiro atoms. The summed E-state index contributed by atoms with van der Waals surface area (Å²) >= 11 is 0. The maximum absolute atomic E-state index is 11.1. The zero-order valence-corrected chi connectivity index (χ0v) is 11.5. The Morgan fingerprint density at radius 1 is 1.41 bits per heavy atom. The Hall–Kier alpha value is -0.550. The maximum atomic E-state index is 11.1. The molecule has 0 amide bonds. The monoisotopic (exact) mass is 276 g/mol. The van der Waals surface area contributed by atoms with Gasteiger partial charge in [-0.05, 0) is 19.8 Å². The quantitative estimate of drug-likeness (QED) is 0.798. The summed E-state index contributed by atoms with van der Waals surface area (Å²) in [5.41, 5.74) is 1.48. The molecule has 0 radical (unpaired) electrons. The van der Waals surface area contributed by atoms with Crippen molar-refractivity contribution >= 4 is 19.7 Å². The molecule has 0 aromatic carbocycles. The van der Waals surface area contributed by atoms with Gasteiger partial charge in [0.25, 0.3) is 0 Å². The molecule has 1 fully saturated rings. The summed E-state index contributed by atoms with van der Waals surface area (Å²) in [4.78, 5) is 0. The second-order valence-electron chi connectivity index (χ2n) is 4.69. The smallest absolute Gasteiger partial charge is 0.236 e. The molecule has 0 unspecified atom stereocenters. The number of aryl methyl sites for hydroxylation is 1. The Balaban J connectivity index is 2.17. The molecule has 96 valence electrons. The van der Waals surface area contributed by atoms with Crippen LogP contribution in [0.5, 0.6) is 0 Å². The first kappa shape index (κ1) is 12.9.